The quantitative estimate of drug-likeness (QED) is 0.361. The van der Waals surface area contributed by atoms with E-state index in [-0.39, 0.29) is 0 Å². The van der Waals surface area contributed by atoms with Crippen LogP contribution >= 0.6 is 11.8 Å². The average molecular weight is 448 g/mol. The zero-order valence-corrected chi connectivity index (χ0v) is 19.9. The maximum Gasteiger partial charge on any atom is 0.321 e. The molecule has 3 aromatic carbocycles. The van der Waals surface area contributed by atoms with Crippen LogP contribution in [0.3, 0.4) is 0 Å². The number of rotatable bonds is 10. The molecule has 4 heteroatoms. The van der Waals surface area contributed by atoms with Gasteiger partial charge in [-0.2, -0.15) is 0 Å². The third kappa shape index (κ3) is 5.08. The largest absolute Gasteiger partial charge is 0.480 e. The maximum atomic E-state index is 11.8. The molecule has 0 bridgehead atoms. The summed E-state index contributed by atoms with van der Waals surface area (Å²) in [6.45, 7) is 6.05. The third-order valence-electron chi connectivity index (χ3n) is 5.97. The molecule has 3 nitrogen and oxygen atoms in total. The van der Waals surface area contributed by atoms with Crippen LogP contribution in [0.4, 0.5) is 0 Å². The number of carboxylic acid groups (broad SMARTS) is 1. The van der Waals surface area contributed by atoms with Crippen LogP contribution in [0, 0.1) is 0 Å². The number of unbranched alkanes of at least 4 members (excludes halogenated alkanes) is 1. The highest BCUT2D eigenvalue weighted by Gasteiger charge is 2.45. The highest BCUT2D eigenvalue weighted by Crippen LogP contribution is 2.53. The Labute approximate surface area is 196 Å². The highest BCUT2D eigenvalue weighted by molar-refractivity contribution is 8.02. The minimum Gasteiger partial charge on any atom is -0.480 e. The summed E-state index contributed by atoms with van der Waals surface area (Å²) in [5, 5.41) is 9.71. The van der Waals surface area contributed by atoms with Crippen molar-refractivity contribution in [2.24, 2.45) is 5.73 Å². The first-order chi connectivity index (χ1) is 15.3. The van der Waals surface area contributed by atoms with E-state index in [2.05, 4.69) is 55.5 Å². The van der Waals surface area contributed by atoms with Gasteiger partial charge in [0.25, 0.3) is 0 Å². The van der Waals surface area contributed by atoms with Gasteiger partial charge >= 0.3 is 5.97 Å². The summed E-state index contributed by atoms with van der Waals surface area (Å²) in [7, 11) is 0. The van der Waals surface area contributed by atoms with Gasteiger partial charge in [0.05, 0.1) is 4.75 Å². The lowest BCUT2D eigenvalue weighted by atomic mass is 9.83. The Morgan fingerprint density at radius 1 is 0.875 bits per heavy atom. The lowest BCUT2D eigenvalue weighted by Crippen LogP contribution is -2.49. The molecular formula is C28H33NO2S. The molecule has 0 heterocycles. The fourth-order valence-corrected chi connectivity index (χ4v) is 5.84. The molecular weight excluding hydrogens is 414 g/mol. The van der Waals surface area contributed by atoms with E-state index in [1.807, 2.05) is 50.2 Å². The van der Waals surface area contributed by atoms with Gasteiger partial charge in [-0.05, 0) is 48.9 Å². The fourth-order valence-electron chi connectivity index (χ4n) is 4.06. The van der Waals surface area contributed by atoms with Gasteiger partial charge in [0.1, 0.15) is 6.04 Å². The molecule has 1 atom stereocenters. The molecule has 3 N–H and O–H groups in total. The SMILES string of the molecule is CCCCc1ccc(C(SC(C)(C)[C@H](N)C(=O)O)(c2ccccc2)c2ccccc2)cc1. The topological polar surface area (TPSA) is 63.3 Å². The molecule has 3 rings (SSSR count). The number of carboxylic acids is 1. The fraction of sp³-hybridized carbons (Fsp3) is 0.321. The Hall–Kier alpha value is -2.56. The van der Waals surface area contributed by atoms with Crippen molar-refractivity contribution in [1.82, 2.24) is 0 Å². The molecule has 168 valence electrons. The first-order valence-corrected chi connectivity index (χ1v) is 12.0. The van der Waals surface area contributed by atoms with E-state index in [4.69, 9.17) is 5.73 Å². The second-order valence-corrected chi connectivity index (χ2v) is 10.6. The number of aliphatic carboxylic acids is 1. The van der Waals surface area contributed by atoms with Gasteiger partial charge in [-0.15, -0.1) is 11.8 Å². The Balaban J connectivity index is 2.24. The predicted molar refractivity (Wildman–Crippen MR) is 135 cm³/mol. The number of hydrogen-bond acceptors (Lipinski definition) is 3. The van der Waals surface area contributed by atoms with E-state index in [0.29, 0.717) is 0 Å². The predicted octanol–water partition coefficient (Wildman–Crippen LogP) is 6.24. The number of aryl methyl sites for hydroxylation is 1. The van der Waals surface area contributed by atoms with Crippen molar-refractivity contribution in [2.75, 3.05) is 0 Å². The van der Waals surface area contributed by atoms with Crippen molar-refractivity contribution in [3.8, 4) is 0 Å². The Morgan fingerprint density at radius 3 is 1.78 bits per heavy atom. The number of nitrogens with two attached hydrogens (primary N) is 1. The summed E-state index contributed by atoms with van der Waals surface area (Å²) in [6, 6.07) is 28.4. The summed E-state index contributed by atoms with van der Waals surface area (Å²) >= 11 is 1.61. The zero-order valence-electron chi connectivity index (χ0n) is 19.1. The van der Waals surface area contributed by atoms with Crippen molar-refractivity contribution in [2.45, 2.75) is 55.6 Å². The van der Waals surface area contributed by atoms with E-state index >= 15 is 0 Å². The molecule has 0 radical (unpaired) electrons. The molecule has 0 saturated carbocycles. The number of benzene rings is 3. The Morgan fingerprint density at radius 2 is 1.34 bits per heavy atom. The summed E-state index contributed by atoms with van der Waals surface area (Å²) < 4.78 is -1.35. The standard InChI is InChI=1S/C28H33NO2S/c1-4-5-12-21-17-19-24(20-18-21)28(22-13-8-6-9-14-22,23-15-10-7-11-16-23)32-27(2,3)25(29)26(30)31/h6-11,13-20,25H,4-5,12,29H2,1-3H3,(H,30,31)/t25-/m1/s1. The van der Waals surface area contributed by atoms with E-state index in [9.17, 15) is 9.90 Å². The molecule has 0 aliphatic carbocycles. The van der Waals surface area contributed by atoms with Crippen LogP contribution in [0.2, 0.25) is 0 Å². The maximum absolute atomic E-state index is 11.8. The van der Waals surface area contributed by atoms with E-state index < -0.39 is 21.5 Å². The van der Waals surface area contributed by atoms with Gasteiger partial charge in [-0.3, -0.25) is 4.79 Å². The molecule has 0 aliphatic heterocycles. The van der Waals surface area contributed by atoms with Crippen molar-refractivity contribution in [3.05, 3.63) is 107 Å². The monoisotopic (exact) mass is 447 g/mol. The third-order valence-corrected chi connectivity index (χ3v) is 7.76. The zero-order chi connectivity index (χ0) is 23.2. The summed E-state index contributed by atoms with van der Waals surface area (Å²) in [6.07, 6.45) is 3.39. The molecule has 0 amide bonds. The van der Waals surface area contributed by atoms with Gasteiger partial charge < -0.3 is 10.8 Å². The first kappa shape index (κ1) is 24.1. The molecule has 0 aromatic heterocycles. The van der Waals surface area contributed by atoms with E-state index in [1.165, 1.54) is 5.56 Å². The van der Waals surface area contributed by atoms with Crippen molar-refractivity contribution < 1.29 is 9.90 Å². The van der Waals surface area contributed by atoms with Crippen molar-refractivity contribution >= 4 is 17.7 Å². The van der Waals surface area contributed by atoms with Gasteiger partial charge in [-0.1, -0.05) is 98.3 Å². The van der Waals surface area contributed by atoms with Crippen molar-refractivity contribution in [3.63, 3.8) is 0 Å². The van der Waals surface area contributed by atoms with Gasteiger partial charge in [-0.25, -0.2) is 0 Å². The summed E-state index contributed by atoms with van der Waals surface area (Å²) in [5.41, 5.74) is 10.8. The molecule has 32 heavy (non-hydrogen) atoms. The lowest BCUT2D eigenvalue weighted by Gasteiger charge is -2.42. The smallest absolute Gasteiger partial charge is 0.321 e. The molecule has 3 aromatic rings. The summed E-state index contributed by atoms with van der Waals surface area (Å²) in [4.78, 5) is 11.8. The number of thioether (sulfide) groups is 1. The van der Waals surface area contributed by atoms with Gasteiger partial charge in [0.2, 0.25) is 0 Å². The minimum atomic E-state index is -1.01. The Bertz CT molecular complexity index is 961. The first-order valence-electron chi connectivity index (χ1n) is 11.2. The van der Waals surface area contributed by atoms with Crippen LogP contribution in [-0.2, 0) is 16.0 Å². The highest BCUT2D eigenvalue weighted by atomic mass is 32.2. The second-order valence-electron chi connectivity index (χ2n) is 8.74. The van der Waals surface area contributed by atoms with Crippen molar-refractivity contribution in [1.29, 1.82) is 0 Å². The van der Waals surface area contributed by atoms with Crippen LogP contribution in [0.5, 0.6) is 0 Å². The summed E-state index contributed by atoms with van der Waals surface area (Å²) in [5.74, 6) is -0.993. The molecule has 0 aliphatic rings. The van der Waals surface area contributed by atoms with Crippen LogP contribution in [0.1, 0.15) is 55.9 Å². The minimum absolute atomic E-state index is 0.609. The number of hydrogen-bond donors (Lipinski definition) is 2. The van der Waals surface area contributed by atoms with E-state index in [1.54, 1.807) is 11.8 Å². The van der Waals surface area contributed by atoms with Crippen LogP contribution in [-0.4, -0.2) is 21.9 Å². The van der Waals surface area contributed by atoms with E-state index in [0.717, 1.165) is 36.0 Å². The van der Waals surface area contributed by atoms with Crippen LogP contribution < -0.4 is 5.73 Å². The second kappa shape index (κ2) is 10.4. The Kier molecular flexibility index (Phi) is 7.81. The van der Waals surface area contributed by atoms with Crippen LogP contribution in [0.25, 0.3) is 0 Å². The molecule has 0 fully saturated rings. The number of carbonyl (C=O) groups is 1. The average Bonchev–Trinajstić information content (AvgIpc) is 2.82. The normalized spacial score (nSPS) is 13.0. The van der Waals surface area contributed by atoms with Gasteiger partial charge in [0.15, 0.2) is 0 Å². The molecule has 0 unspecified atom stereocenters. The van der Waals surface area contributed by atoms with Crippen LogP contribution in [0.15, 0.2) is 84.9 Å². The molecule has 0 spiro atoms. The lowest BCUT2D eigenvalue weighted by molar-refractivity contribution is -0.139. The molecule has 0 saturated heterocycles. The van der Waals surface area contributed by atoms with Gasteiger partial charge in [0, 0.05) is 4.75 Å².